The molecule has 112 valence electrons. The highest BCUT2D eigenvalue weighted by Crippen LogP contribution is 2.22. The van der Waals surface area contributed by atoms with Crippen LogP contribution in [0.3, 0.4) is 0 Å². The molecule has 0 bridgehead atoms. The van der Waals surface area contributed by atoms with Gasteiger partial charge in [0, 0.05) is 19.8 Å². The average Bonchev–Trinajstić information content (AvgIpc) is 2.53. The predicted molar refractivity (Wildman–Crippen MR) is 88.0 cm³/mol. The highest BCUT2D eigenvalue weighted by molar-refractivity contribution is 7.95. The van der Waals surface area contributed by atoms with E-state index < -0.39 is 9.84 Å². The maximum absolute atomic E-state index is 12.4. The summed E-state index contributed by atoms with van der Waals surface area (Å²) < 4.78 is 24.9. The number of hydrogen-bond donors (Lipinski definition) is 0. The van der Waals surface area contributed by atoms with Gasteiger partial charge < -0.3 is 4.90 Å². The minimum absolute atomic E-state index is 0.118. The predicted octanol–water partition coefficient (Wildman–Crippen LogP) is 3.09. The molecule has 2 aromatic rings. The van der Waals surface area contributed by atoms with Crippen LogP contribution in [-0.4, -0.2) is 22.5 Å². The van der Waals surface area contributed by atoms with Crippen molar-refractivity contribution in [1.29, 1.82) is 5.26 Å². The summed E-state index contributed by atoms with van der Waals surface area (Å²) in [6.45, 7) is 0. The van der Waals surface area contributed by atoms with Crippen LogP contribution in [0.5, 0.6) is 0 Å². The van der Waals surface area contributed by atoms with Gasteiger partial charge in [0.25, 0.3) is 0 Å². The number of allylic oxidation sites excluding steroid dienone is 1. The number of sulfone groups is 1. The summed E-state index contributed by atoms with van der Waals surface area (Å²) in [6.07, 6.45) is 1.39. The van der Waals surface area contributed by atoms with Gasteiger partial charge >= 0.3 is 0 Å². The highest BCUT2D eigenvalue weighted by Gasteiger charge is 2.20. The van der Waals surface area contributed by atoms with Crippen LogP contribution in [0.15, 0.2) is 64.4 Å². The first-order valence-electron chi connectivity index (χ1n) is 6.64. The van der Waals surface area contributed by atoms with Crippen LogP contribution in [0.4, 0.5) is 5.69 Å². The van der Waals surface area contributed by atoms with Crippen LogP contribution < -0.4 is 4.90 Å². The molecule has 0 aromatic heterocycles. The molecule has 0 spiro atoms. The first-order valence-corrected chi connectivity index (χ1v) is 8.13. The minimum atomic E-state index is -3.79. The van der Waals surface area contributed by atoms with Crippen molar-refractivity contribution >= 4 is 21.6 Å². The molecule has 2 rings (SSSR count). The van der Waals surface area contributed by atoms with Crippen LogP contribution in [0.1, 0.15) is 5.56 Å². The van der Waals surface area contributed by atoms with Crippen LogP contribution in [0.25, 0.3) is 6.08 Å². The second-order valence-electron chi connectivity index (χ2n) is 4.92. The number of rotatable bonds is 4. The van der Waals surface area contributed by atoms with Gasteiger partial charge in [-0.1, -0.05) is 30.3 Å². The zero-order valence-corrected chi connectivity index (χ0v) is 13.2. The van der Waals surface area contributed by atoms with Crippen molar-refractivity contribution in [2.75, 3.05) is 19.0 Å². The van der Waals surface area contributed by atoms with Gasteiger partial charge in [0.1, 0.15) is 11.0 Å². The van der Waals surface area contributed by atoms with Crippen LogP contribution >= 0.6 is 0 Å². The Morgan fingerprint density at radius 3 is 2.14 bits per heavy atom. The van der Waals surface area contributed by atoms with E-state index in [4.69, 9.17) is 0 Å². The summed E-state index contributed by atoms with van der Waals surface area (Å²) in [5.74, 6) is 0. The van der Waals surface area contributed by atoms with E-state index in [0.29, 0.717) is 5.56 Å². The summed E-state index contributed by atoms with van der Waals surface area (Å²) in [5, 5.41) is 9.22. The largest absolute Gasteiger partial charge is 0.378 e. The van der Waals surface area contributed by atoms with Crippen molar-refractivity contribution < 1.29 is 8.42 Å². The molecular weight excluding hydrogens is 296 g/mol. The maximum atomic E-state index is 12.4. The molecule has 22 heavy (non-hydrogen) atoms. The van der Waals surface area contributed by atoms with Crippen molar-refractivity contribution in [3.05, 3.63) is 65.1 Å². The van der Waals surface area contributed by atoms with Gasteiger partial charge in [0.2, 0.25) is 9.84 Å². The molecule has 0 radical (unpaired) electrons. The molecular formula is C17H16N2O2S. The summed E-state index contributed by atoms with van der Waals surface area (Å²) in [5.41, 5.74) is 1.67. The van der Waals surface area contributed by atoms with Crippen molar-refractivity contribution in [1.82, 2.24) is 0 Å². The second kappa shape index (κ2) is 6.46. The summed E-state index contributed by atoms with van der Waals surface area (Å²) in [4.78, 5) is 1.79. The SMILES string of the molecule is CN(C)c1ccc(/C=C(\C#N)S(=O)(=O)c2ccccc2)cc1. The molecule has 0 unspecified atom stereocenters. The van der Waals surface area contributed by atoms with Crippen molar-refractivity contribution in [3.63, 3.8) is 0 Å². The van der Waals surface area contributed by atoms with Gasteiger partial charge in [0.05, 0.1) is 4.90 Å². The van der Waals surface area contributed by atoms with Crippen molar-refractivity contribution in [2.24, 2.45) is 0 Å². The Morgan fingerprint density at radius 2 is 1.64 bits per heavy atom. The van der Waals surface area contributed by atoms with E-state index >= 15 is 0 Å². The van der Waals surface area contributed by atoms with Gasteiger partial charge in [-0.2, -0.15) is 5.26 Å². The fourth-order valence-electron chi connectivity index (χ4n) is 1.92. The first kappa shape index (κ1) is 15.8. The molecule has 0 aliphatic rings. The van der Waals surface area contributed by atoms with Crippen molar-refractivity contribution in [3.8, 4) is 6.07 Å². The molecule has 0 saturated heterocycles. The summed E-state index contributed by atoms with van der Waals surface area (Å²) >= 11 is 0. The fourth-order valence-corrected chi connectivity index (χ4v) is 3.10. The molecule has 5 heteroatoms. The molecule has 0 saturated carbocycles. The smallest absolute Gasteiger partial charge is 0.216 e. The third-order valence-electron chi connectivity index (χ3n) is 3.16. The van der Waals surface area contributed by atoms with Gasteiger partial charge in [0.15, 0.2) is 0 Å². The maximum Gasteiger partial charge on any atom is 0.216 e. The van der Waals surface area contributed by atoms with E-state index in [9.17, 15) is 13.7 Å². The molecule has 0 heterocycles. The topological polar surface area (TPSA) is 61.2 Å². The van der Waals surface area contributed by atoms with Gasteiger partial charge in [-0.05, 0) is 35.9 Å². The number of anilines is 1. The Morgan fingerprint density at radius 1 is 1.05 bits per heavy atom. The molecule has 0 fully saturated rings. The molecule has 0 amide bonds. The van der Waals surface area contributed by atoms with E-state index in [-0.39, 0.29) is 9.80 Å². The second-order valence-corrected chi connectivity index (χ2v) is 6.84. The number of nitrogens with zero attached hydrogens (tertiary/aromatic N) is 2. The van der Waals surface area contributed by atoms with E-state index in [1.807, 2.05) is 31.1 Å². The number of nitriles is 1. The quantitative estimate of drug-likeness (QED) is 0.814. The third kappa shape index (κ3) is 3.35. The highest BCUT2D eigenvalue weighted by atomic mass is 32.2. The number of benzene rings is 2. The molecule has 0 atom stereocenters. The molecule has 2 aromatic carbocycles. The minimum Gasteiger partial charge on any atom is -0.378 e. The Labute approximate surface area is 130 Å². The molecule has 0 N–H and O–H groups in total. The Balaban J connectivity index is 2.42. The van der Waals surface area contributed by atoms with Crippen LogP contribution in [0, 0.1) is 11.3 Å². The molecule has 0 aliphatic carbocycles. The van der Waals surface area contributed by atoms with Gasteiger partial charge in [-0.15, -0.1) is 0 Å². The lowest BCUT2D eigenvalue weighted by Gasteiger charge is -2.12. The van der Waals surface area contributed by atoms with Crippen LogP contribution in [0.2, 0.25) is 0 Å². The normalized spacial score (nSPS) is 11.8. The standard InChI is InChI=1S/C17H16N2O2S/c1-19(2)15-10-8-14(9-11-15)12-17(13-18)22(20,21)16-6-4-3-5-7-16/h3-12H,1-2H3/b17-12+. The van der Waals surface area contributed by atoms with Gasteiger partial charge in [-0.25, -0.2) is 8.42 Å². The van der Waals surface area contributed by atoms with E-state index in [1.54, 1.807) is 36.4 Å². The molecule has 0 aliphatic heterocycles. The monoisotopic (exact) mass is 312 g/mol. The van der Waals surface area contributed by atoms with Crippen molar-refractivity contribution in [2.45, 2.75) is 4.90 Å². The zero-order chi connectivity index (χ0) is 16.2. The van der Waals surface area contributed by atoms with E-state index in [0.717, 1.165) is 5.69 Å². The fraction of sp³-hybridized carbons (Fsp3) is 0.118. The third-order valence-corrected chi connectivity index (χ3v) is 4.84. The van der Waals surface area contributed by atoms with Gasteiger partial charge in [-0.3, -0.25) is 0 Å². The lowest BCUT2D eigenvalue weighted by atomic mass is 10.2. The zero-order valence-electron chi connectivity index (χ0n) is 12.4. The Hall–Kier alpha value is -2.58. The van der Waals surface area contributed by atoms with Crippen LogP contribution in [-0.2, 0) is 9.84 Å². The summed E-state index contributed by atoms with van der Waals surface area (Å²) in [7, 11) is 0.0579. The molecule has 4 nitrogen and oxygen atoms in total. The number of hydrogen-bond acceptors (Lipinski definition) is 4. The summed E-state index contributed by atoms with van der Waals surface area (Å²) in [6, 6.07) is 17.1. The lowest BCUT2D eigenvalue weighted by Crippen LogP contribution is -2.08. The Bertz CT molecular complexity index is 815. The lowest BCUT2D eigenvalue weighted by molar-refractivity contribution is 0.603. The average molecular weight is 312 g/mol. The van der Waals surface area contributed by atoms with E-state index in [1.165, 1.54) is 18.2 Å². The first-order chi connectivity index (χ1) is 10.4. The Kier molecular flexibility index (Phi) is 4.64. The van der Waals surface area contributed by atoms with E-state index in [2.05, 4.69) is 0 Å².